The van der Waals surface area contributed by atoms with E-state index in [9.17, 15) is 4.79 Å². The number of ketones is 1. The van der Waals surface area contributed by atoms with E-state index in [1.165, 1.54) is 27.8 Å². The molecule has 0 saturated heterocycles. The van der Waals surface area contributed by atoms with Crippen LogP contribution in [0.25, 0.3) is 10.9 Å². The summed E-state index contributed by atoms with van der Waals surface area (Å²) < 4.78 is 0.771. The summed E-state index contributed by atoms with van der Waals surface area (Å²) >= 11 is 4.76. The molecule has 3 aromatic rings. The molecule has 1 unspecified atom stereocenters. The Morgan fingerprint density at radius 1 is 1.38 bits per heavy atom. The molecule has 0 radical (unpaired) electrons. The van der Waals surface area contributed by atoms with Crippen LogP contribution in [0.2, 0.25) is 0 Å². The van der Waals surface area contributed by atoms with E-state index in [2.05, 4.69) is 57.2 Å². The number of carbonyl (C=O) groups is 1. The van der Waals surface area contributed by atoms with Crippen molar-refractivity contribution in [2.45, 2.75) is 39.0 Å². The van der Waals surface area contributed by atoms with Crippen molar-refractivity contribution < 1.29 is 4.79 Å². The first kappa shape index (κ1) is 17.4. The van der Waals surface area contributed by atoms with Crippen molar-refractivity contribution in [3.05, 3.63) is 51.0 Å². The van der Waals surface area contributed by atoms with E-state index in [0.29, 0.717) is 12.3 Å². The van der Waals surface area contributed by atoms with Crippen molar-refractivity contribution in [3.8, 4) is 0 Å². The lowest BCUT2D eigenvalue weighted by Gasteiger charge is -2.15. The van der Waals surface area contributed by atoms with Gasteiger partial charge in [-0.05, 0) is 46.3 Å². The van der Waals surface area contributed by atoms with Crippen molar-refractivity contribution in [1.29, 1.82) is 0 Å². The average molecular weight is 405 g/mol. The first-order valence-corrected chi connectivity index (χ1v) is 9.97. The van der Waals surface area contributed by atoms with Crippen LogP contribution in [0.3, 0.4) is 0 Å². The Morgan fingerprint density at radius 2 is 2.21 bits per heavy atom. The number of hydrogen-bond donors (Lipinski definition) is 1. The molecule has 0 aliphatic rings. The second kappa shape index (κ2) is 8.08. The number of H-pyrrole nitrogens is 1. The van der Waals surface area contributed by atoms with Crippen molar-refractivity contribution in [1.82, 2.24) is 9.97 Å². The molecule has 0 aliphatic carbocycles. The van der Waals surface area contributed by atoms with Crippen LogP contribution in [-0.2, 0) is 6.42 Å². The maximum atomic E-state index is 12.6. The molecule has 5 heteroatoms. The Morgan fingerprint density at radius 3 is 2.96 bits per heavy atom. The minimum absolute atomic E-state index is 0.208. The number of rotatable bonds is 8. The standard InChI is InChI=1S/C19H21BrN2OS/c1-2-3-6-13(10-17(23)18-12-22-19(20)24-18)9-14-11-21-16-8-5-4-7-15(14)16/h4-5,7-8,11-13,21H,2-3,6,9-10H2,1H3. The number of nitrogens with one attached hydrogen (secondary N) is 1. The third-order valence-electron chi connectivity index (χ3n) is 4.38. The van der Waals surface area contributed by atoms with Crippen LogP contribution in [0.15, 0.2) is 40.6 Å². The van der Waals surface area contributed by atoms with Gasteiger partial charge >= 0.3 is 0 Å². The third kappa shape index (κ3) is 4.14. The van der Waals surface area contributed by atoms with Crippen molar-refractivity contribution in [3.63, 3.8) is 0 Å². The number of thiazole rings is 1. The summed E-state index contributed by atoms with van der Waals surface area (Å²) in [6.07, 6.45) is 8.71. The molecular weight excluding hydrogens is 384 g/mol. The number of nitrogens with zero attached hydrogens (tertiary/aromatic N) is 1. The van der Waals surface area contributed by atoms with Crippen LogP contribution in [0, 0.1) is 5.92 Å². The Labute approximate surface area is 154 Å². The van der Waals surface area contributed by atoms with Crippen LogP contribution in [-0.4, -0.2) is 15.8 Å². The number of aromatic amines is 1. The van der Waals surface area contributed by atoms with Gasteiger partial charge in [-0.15, -0.1) is 11.3 Å². The second-order valence-corrected chi connectivity index (χ2v) is 8.48. The molecule has 3 nitrogen and oxygen atoms in total. The second-order valence-electron chi connectivity index (χ2n) is 6.18. The minimum Gasteiger partial charge on any atom is -0.361 e. The van der Waals surface area contributed by atoms with Gasteiger partial charge in [0.15, 0.2) is 9.70 Å². The maximum absolute atomic E-state index is 12.6. The molecule has 0 amide bonds. The van der Waals surface area contributed by atoms with Crippen LogP contribution in [0.4, 0.5) is 0 Å². The van der Waals surface area contributed by atoms with Crippen molar-refractivity contribution in [2.24, 2.45) is 5.92 Å². The summed E-state index contributed by atoms with van der Waals surface area (Å²) in [5.41, 5.74) is 2.48. The fourth-order valence-electron chi connectivity index (χ4n) is 3.13. The van der Waals surface area contributed by atoms with Crippen LogP contribution in [0.1, 0.15) is 47.8 Å². The molecule has 2 heterocycles. The Hall–Kier alpha value is -1.46. The molecule has 1 aromatic carbocycles. The predicted octanol–water partition coefficient (Wildman–Crippen LogP) is 6.01. The monoisotopic (exact) mass is 404 g/mol. The first-order valence-electron chi connectivity index (χ1n) is 8.37. The quantitative estimate of drug-likeness (QED) is 0.467. The zero-order chi connectivity index (χ0) is 16.9. The highest BCUT2D eigenvalue weighted by molar-refractivity contribution is 9.11. The smallest absolute Gasteiger partial charge is 0.174 e. The third-order valence-corrected chi connectivity index (χ3v) is 5.89. The molecule has 1 atom stereocenters. The Bertz CT molecular complexity index is 824. The number of halogens is 1. The number of unbranched alkanes of at least 4 members (excludes halogenated alkanes) is 1. The van der Waals surface area contributed by atoms with Crippen LogP contribution in [0.5, 0.6) is 0 Å². The lowest BCUT2D eigenvalue weighted by atomic mass is 9.89. The lowest BCUT2D eigenvalue weighted by molar-refractivity contribution is 0.0962. The minimum atomic E-state index is 0.208. The molecule has 3 rings (SSSR count). The topological polar surface area (TPSA) is 45.8 Å². The van der Waals surface area contributed by atoms with Gasteiger partial charge in [0, 0.05) is 23.5 Å². The van der Waals surface area contributed by atoms with Gasteiger partial charge < -0.3 is 4.98 Å². The largest absolute Gasteiger partial charge is 0.361 e. The van der Waals surface area contributed by atoms with Gasteiger partial charge in [0.25, 0.3) is 0 Å². The molecular formula is C19H21BrN2OS. The van der Waals surface area contributed by atoms with Gasteiger partial charge in [-0.3, -0.25) is 4.79 Å². The summed E-state index contributed by atoms with van der Waals surface area (Å²) in [6, 6.07) is 8.36. The highest BCUT2D eigenvalue weighted by atomic mass is 79.9. The fraction of sp³-hybridized carbons (Fsp3) is 0.368. The Kier molecular flexibility index (Phi) is 5.85. The summed E-state index contributed by atoms with van der Waals surface area (Å²) in [7, 11) is 0. The number of para-hydroxylation sites is 1. The number of Topliss-reactive ketones (excluding diaryl/α,β-unsaturated/α-hetero) is 1. The molecule has 0 saturated carbocycles. The normalized spacial score (nSPS) is 12.6. The van der Waals surface area contributed by atoms with E-state index in [4.69, 9.17) is 0 Å². The lowest BCUT2D eigenvalue weighted by Crippen LogP contribution is -2.11. The van der Waals surface area contributed by atoms with E-state index >= 15 is 0 Å². The number of benzene rings is 1. The summed E-state index contributed by atoms with van der Waals surface area (Å²) in [5.74, 6) is 0.580. The van der Waals surface area contributed by atoms with Crippen molar-refractivity contribution in [2.75, 3.05) is 0 Å². The number of hydrogen-bond acceptors (Lipinski definition) is 3. The van der Waals surface area contributed by atoms with Gasteiger partial charge in [-0.2, -0.15) is 0 Å². The highest BCUT2D eigenvalue weighted by Crippen LogP contribution is 2.27. The molecule has 1 N–H and O–H groups in total. The summed E-state index contributed by atoms with van der Waals surface area (Å²) in [4.78, 5) is 20.8. The molecule has 0 fully saturated rings. The van der Waals surface area contributed by atoms with E-state index in [1.807, 2.05) is 6.07 Å². The summed E-state index contributed by atoms with van der Waals surface area (Å²) in [6.45, 7) is 2.20. The van der Waals surface area contributed by atoms with Gasteiger partial charge in [0.2, 0.25) is 0 Å². The molecule has 0 aliphatic heterocycles. The van der Waals surface area contributed by atoms with E-state index in [0.717, 1.165) is 34.5 Å². The molecule has 0 bridgehead atoms. The fourth-order valence-corrected chi connectivity index (χ4v) is 4.34. The first-order chi connectivity index (χ1) is 11.7. The number of fused-ring (bicyclic) bond motifs is 1. The van der Waals surface area contributed by atoms with Gasteiger partial charge in [0.1, 0.15) is 0 Å². The van der Waals surface area contributed by atoms with Crippen LogP contribution < -0.4 is 0 Å². The zero-order valence-electron chi connectivity index (χ0n) is 13.7. The number of aromatic nitrogens is 2. The molecule has 24 heavy (non-hydrogen) atoms. The van der Waals surface area contributed by atoms with Gasteiger partial charge in [0.05, 0.1) is 11.1 Å². The van der Waals surface area contributed by atoms with Crippen LogP contribution >= 0.6 is 27.3 Å². The predicted molar refractivity (Wildman–Crippen MR) is 104 cm³/mol. The van der Waals surface area contributed by atoms with E-state index in [1.54, 1.807) is 6.20 Å². The maximum Gasteiger partial charge on any atom is 0.174 e. The van der Waals surface area contributed by atoms with Gasteiger partial charge in [-0.25, -0.2) is 4.98 Å². The van der Waals surface area contributed by atoms with E-state index in [-0.39, 0.29) is 5.78 Å². The van der Waals surface area contributed by atoms with Crippen molar-refractivity contribution >= 4 is 44.0 Å². The SMILES string of the molecule is CCCCC(CC(=O)c1cnc(Br)s1)Cc1c[nH]c2ccccc12. The zero-order valence-corrected chi connectivity index (χ0v) is 16.1. The average Bonchev–Trinajstić information content (AvgIpc) is 3.19. The Balaban J connectivity index is 1.75. The van der Waals surface area contributed by atoms with E-state index < -0.39 is 0 Å². The molecule has 126 valence electrons. The molecule has 0 spiro atoms. The van der Waals surface area contributed by atoms with Gasteiger partial charge in [-0.1, -0.05) is 38.0 Å². The molecule has 2 aromatic heterocycles. The number of carbonyl (C=O) groups excluding carboxylic acids is 1. The highest BCUT2D eigenvalue weighted by Gasteiger charge is 2.19. The summed E-state index contributed by atoms with van der Waals surface area (Å²) in [5, 5.41) is 1.27.